The first-order chi connectivity index (χ1) is 12.4. The van der Waals surface area contributed by atoms with Gasteiger partial charge in [-0.2, -0.15) is 0 Å². The number of carbonyl (C=O) groups is 1. The van der Waals surface area contributed by atoms with Gasteiger partial charge in [-0.15, -0.1) is 0 Å². The third-order valence-electron chi connectivity index (χ3n) is 4.92. The summed E-state index contributed by atoms with van der Waals surface area (Å²) in [6.45, 7) is 7.26. The van der Waals surface area contributed by atoms with Crippen molar-refractivity contribution in [2.75, 3.05) is 6.54 Å². The van der Waals surface area contributed by atoms with Gasteiger partial charge in [0.15, 0.2) is 0 Å². The smallest absolute Gasteiger partial charge is 0.414 e. The Hall–Kier alpha value is -2.04. The first-order valence-corrected chi connectivity index (χ1v) is 9.80. The van der Waals surface area contributed by atoms with Crippen molar-refractivity contribution in [3.05, 3.63) is 35.4 Å². The predicted molar refractivity (Wildman–Crippen MR) is 104 cm³/mol. The maximum atomic E-state index is 12.4. The van der Waals surface area contributed by atoms with Crippen LogP contribution >= 0.6 is 0 Å². The molecule has 0 radical (unpaired) electrons. The highest BCUT2D eigenvalue weighted by Crippen LogP contribution is 2.22. The van der Waals surface area contributed by atoms with Crippen molar-refractivity contribution in [1.29, 1.82) is 0 Å². The van der Waals surface area contributed by atoms with Crippen LogP contribution in [0, 0.1) is 0 Å². The number of nitrogens with zero attached hydrogens (tertiary/aromatic N) is 2. The van der Waals surface area contributed by atoms with Crippen LogP contribution < -0.4 is 5.32 Å². The molecule has 1 saturated carbocycles. The van der Waals surface area contributed by atoms with Gasteiger partial charge in [0.25, 0.3) is 0 Å². The molecular weight excluding hydrogens is 326 g/mol. The van der Waals surface area contributed by atoms with Crippen molar-refractivity contribution in [2.24, 2.45) is 4.99 Å². The van der Waals surface area contributed by atoms with Crippen molar-refractivity contribution in [1.82, 2.24) is 10.2 Å². The topological polar surface area (TPSA) is 53.9 Å². The molecule has 1 heterocycles. The summed E-state index contributed by atoms with van der Waals surface area (Å²) < 4.78 is 5.46. The molecule has 0 spiro atoms. The summed E-state index contributed by atoms with van der Waals surface area (Å²) in [4.78, 5) is 19.5. The second-order valence-corrected chi connectivity index (χ2v) is 8.31. The molecule has 1 fully saturated rings. The number of rotatable bonds is 1. The second kappa shape index (κ2) is 8.11. The van der Waals surface area contributed by atoms with E-state index in [1.807, 2.05) is 20.8 Å². The van der Waals surface area contributed by atoms with Gasteiger partial charge in [-0.25, -0.2) is 9.79 Å². The van der Waals surface area contributed by atoms with E-state index >= 15 is 0 Å². The van der Waals surface area contributed by atoms with Gasteiger partial charge < -0.3 is 9.64 Å². The molecular formula is C21H31N3O2. The highest BCUT2D eigenvalue weighted by atomic mass is 16.6. The molecule has 0 saturated heterocycles. The summed E-state index contributed by atoms with van der Waals surface area (Å²) in [5, 5.41) is 2.94. The van der Waals surface area contributed by atoms with Crippen molar-refractivity contribution >= 4 is 12.1 Å². The molecule has 1 aliphatic heterocycles. The molecule has 26 heavy (non-hydrogen) atoms. The fourth-order valence-electron chi connectivity index (χ4n) is 3.65. The Balaban J connectivity index is 1.76. The maximum absolute atomic E-state index is 12.4. The minimum absolute atomic E-state index is 0.297. The van der Waals surface area contributed by atoms with Crippen molar-refractivity contribution in [3.63, 3.8) is 0 Å². The molecule has 1 aromatic carbocycles. The zero-order valence-electron chi connectivity index (χ0n) is 16.3. The molecule has 142 valence electrons. The number of aliphatic imine (C=N–C) groups is 1. The zero-order valence-corrected chi connectivity index (χ0v) is 16.3. The van der Waals surface area contributed by atoms with E-state index in [1.165, 1.54) is 30.4 Å². The minimum Gasteiger partial charge on any atom is -0.444 e. The van der Waals surface area contributed by atoms with Gasteiger partial charge in [0.05, 0.1) is 6.04 Å². The fourth-order valence-corrected chi connectivity index (χ4v) is 3.65. The van der Waals surface area contributed by atoms with Gasteiger partial charge in [0, 0.05) is 13.1 Å². The Morgan fingerprint density at radius 1 is 1.15 bits per heavy atom. The lowest BCUT2D eigenvalue weighted by Crippen LogP contribution is -2.48. The van der Waals surface area contributed by atoms with E-state index in [0.717, 1.165) is 32.4 Å². The van der Waals surface area contributed by atoms with Gasteiger partial charge in [-0.1, -0.05) is 43.5 Å². The van der Waals surface area contributed by atoms with E-state index in [0.29, 0.717) is 12.0 Å². The van der Waals surface area contributed by atoms with Gasteiger partial charge in [-0.3, -0.25) is 5.32 Å². The Morgan fingerprint density at radius 2 is 1.85 bits per heavy atom. The summed E-state index contributed by atoms with van der Waals surface area (Å²) >= 11 is 0. The molecule has 1 aromatic rings. The van der Waals surface area contributed by atoms with Crippen molar-refractivity contribution < 1.29 is 9.53 Å². The number of fused-ring (bicyclic) bond motifs is 1. The lowest BCUT2D eigenvalue weighted by atomic mass is 9.96. The highest BCUT2D eigenvalue weighted by Gasteiger charge is 2.24. The van der Waals surface area contributed by atoms with Gasteiger partial charge in [0.2, 0.25) is 5.96 Å². The van der Waals surface area contributed by atoms with Crippen LogP contribution in [0.5, 0.6) is 0 Å². The van der Waals surface area contributed by atoms with Crippen LogP contribution in [-0.4, -0.2) is 35.1 Å². The number of ether oxygens (including phenoxy) is 1. The summed E-state index contributed by atoms with van der Waals surface area (Å²) in [6, 6.07) is 8.80. The highest BCUT2D eigenvalue weighted by molar-refractivity contribution is 5.94. The van der Waals surface area contributed by atoms with Crippen LogP contribution in [0.25, 0.3) is 0 Å². The lowest BCUT2D eigenvalue weighted by molar-refractivity contribution is 0.0555. The lowest BCUT2D eigenvalue weighted by Gasteiger charge is -2.33. The van der Waals surface area contributed by atoms with Crippen molar-refractivity contribution in [3.8, 4) is 0 Å². The van der Waals surface area contributed by atoms with Crippen LogP contribution in [0.4, 0.5) is 4.79 Å². The summed E-state index contributed by atoms with van der Waals surface area (Å²) in [7, 11) is 0. The number of alkyl carbamates (subject to hydrolysis) is 1. The van der Waals surface area contributed by atoms with E-state index in [1.54, 1.807) is 0 Å². The quantitative estimate of drug-likeness (QED) is 0.603. The number of benzene rings is 1. The van der Waals surface area contributed by atoms with E-state index in [-0.39, 0.29) is 0 Å². The van der Waals surface area contributed by atoms with Crippen LogP contribution in [0.1, 0.15) is 64.0 Å². The zero-order chi connectivity index (χ0) is 18.6. The molecule has 1 amide bonds. The second-order valence-electron chi connectivity index (χ2n) is 8.31. The predicted octanol–water partition coefficient (Wildman–Crippen LogP) is 4.26. The Labute approximate surface area is 156 Å². The van der Waals surface area contributed by atoms with E-state index in [4.69, 9.17) is 9.73 Å². The Bertz CT molecular complexity index is 657. The molecule has 2 aliphatic rings. The normalized spacial score (nSPS) is 19.0. The molecule has 0 unspecified atom stereocenters. The van der Waals surface area contributed by atoms with Crippen LogP contribution in [0.3, 0.4) is 0 Å². The molecule has 0 aromatic heterocycles. The molecule has 3 rings (SSSR count). The van der Waals surface area contributed by atoms with Gasteiger partial charge >= 0.3 is 6.09 Å². The number of nitrogens with one attached hydrogen (secondary N) is 1. The Morgan fingerprint density at radius 3 is 2.54 bits per heavy atom. The molecule has 5 nitrogen and oxygen atoms in total. The third-order valence-corrected chi connectivity index (χ3v) is 4.92. The SMILES string of the molecule is CC(C)(C)OC(=O)NC(=NC1CCCCC1)N1CCc2ccccc2C1. The molecule has 5 heteroatoms. The van der Waals surface area contributed by atoms with Gasteiger partial charge in [-0.05, 0) is 51.2 Å². The monoisotopic (exact) mass is 357 g/mol. The van der Waals surface area contributed by atoms with Crippen molar-refractivity contribution in [2.45, 2.75) is 77.5 Å². The molecule has 1 N–H and O–H groups in total. The van der Waals surface area contributed by atoms with Crippen LogP contribution in [-0.2, 0) is 17.7 Å². The number of hydrogen-bond donors (Lipinski definition) is 1. The minimum atomic E-state index is -0.519. The molecule has 1 aliphatic carbocycles. The number of amides is 1. The number of guanidine groups is 1. The van der Waals surface area contributed by atoms with Crippen LogP contribution in [0.2, 0.25) is 0 Å². The van der Waals surface area contributed by atoms with Gasteiger partial charge in [0.1, 0.15) is 5.60 Å². The summed E-state index contributed by atoms with van der Waals surface area (Å²) in [5.41, 5.74) is 2.17. The average molecular weight is 357 g/mol. The fraction of sp³-hybridized carbons (Fsp3) is 0.619. The number of hydrogen-bond acceptors (Lipinski definition) is 3. The number of carbonyl (C=O) groups excluding carboxylic acids is 1. The first-order valence-electron chi connectivity index (χ1n) is 9.80. The first kappa shape index (κ1) is 18.7. The molecule has 0 bridgehead atoms. The average Bonchev–Trinajstić information content (AvgIpc) is 2.60. The largest absolute Gasteiger partial charge is 0.444 e. The summed E-state index contributed by atoms with van der Waals surface area (Å²) in [5.74, 6) is 0.667. The van der Waals surface area contributed by atoms with E-state index in [2.05, 4.69) is 34.5 Å². The van der Waals surface area contributed by atoms with E-state index < -0.39 is 11.7 Å². The Kier molecular flexibility index (Phi) is 5.84. The molecule has 0 atom stereocenters. The van der Waals surface area contributed by atoms with E-state index in [9.17, 15) is 4.79 Å². The standard InChI is InChI=1S/C21H31N3O2/c1-21(2,3)26-20(25)23-19(22-18-11-5-4-6-12-18)24-14-13-16-9-7-8-10-17(16)15-24/h7-10,18H,4-6,11-15H2,1-3H3,(H,22,23,25). The maximum Gasteiger partial charge on any atom is 0.414 e. The van der Waals surface area contributed by atoms with Crippen LogP contribution in [0.15, 0.2) is 29.3 Å². The third kappa shape index (κ3) is 5.23. The summed E-state index contributed by atoms with van der Waals surface area (Å²) in [6.07, 6.45) is 6.47.